The third-order valence-electron chi connectivity index (χ3n) is 2.39. The van der Waals surface area contributed by atoms with Crippen LogP contribution in [-0.4, -0.2) is 22.5 Å². The second kappa shape index (κ2) is 9.39. The van der Waals surface area contributed by atoms with Crippen molar-refractivity contribution in [2.24, 2.45) is 0 Å². The summed E-state index contributed by atoms with van der Waals surface area (Å²) in [5, 5.41) is 0. The zero-order chi connectivity index (χ0) is 12.3. The Morgan fingerprint density at radius 3 is 2.06 bits per heavy atom. The fraction of sp³-hybridized carbons (Fsp3) is 0.571. The molecular weight excluding hydrogens is 228 g/mol. The van der Waals surface area contributed by atoms with Crippen LogP contribution in [0.15, 0.2) is 30.3 Å². The van der Waals surface area contributed by atoms with Crippen LogP contribution in [-0.2, 0) is 15.3 Å². The number of rotatable bonds is 9. The van der Waals surface area contributed by atoms with E-state index in [1.165, 1.54) is 5.56 Å². The zero-order valence-corrected chi connectivity index (χ0v) is 11.9. The Kier molecular flexibility index (Phi) is 7.97. The summed E-state index contributed by atoms with van der Waals surface area (Å²) in [5.41, 5.74) is 1.37. The summed E-state index contributed by atoms with van der Waals surface area (Å²) < 4.78 is 11.6. The van der Waals surface area contributed by atoms with Crippen molar-refractivity contribution in [2.75, 3.05) is 13.2 Å². The van der Waals surface area contributed by atoms with Crippen LogP contribution >= 0.6 is 0 Å². The van der Waals surface area contributed by atoms with Crippen LogP contribution in [0.5, 0.6) is 0 Å². The molecule has 0 fully saturated rings. The lowest BCUT2D eigenvalue weighted by atomic mass is 10.2. The Bertz CT molecular complexity index is 269. The lowest BCUT2D eigenvalue weighted by Gasteiger charge is -2.14. The molecule has 1 rings (SSSR count). The normalized spacial score (nSPS) is 11.0. The average molecular weight is 251 g/mol. The topological polar surface area (TPSA) is 18.5 Å². The van der Waals surface area contributed by atoms with Crippen molar-refractivity contribution in [3.05, 3.63) is 35.9 Å². The standard InChI is InChI=1S/C14H23O2Si/c1-3-11-15-17(16-12-4-2)13-10-14-8-6-5-7-9-14/h5-9H,3-4,10-13H2,1-2H3. The molecule has 0 saturated carbocycles. The van der Waals surface area contributed by atoms with E-state index >= 15 is 0 Å². The Hall–Kier alpha value is -0.643. The van der Waals surface area contributed by atoms with Crippen LogP contribution in [0.1, 0.15) is 32.3 Å². The number of aryl methyl sites for hydroxylation is 1. The summed E-state index contributed by atoms with van der Waals surface area (Å²) in [4.78, 5) is 0. The van der Waals surface area contributed by atoms with Crippen molar-refractivity contribution in [1.29, 1.82) is 0 Å². The van der Waals surface area contributed by atoms with E-state index in [1.807, 2.05) is 0 Å². The van der Waals surface area contributed by atoms with Crippen molar-refractivity contribution < 1.29 is 8.85 Å². The summed E-state index contributed by atoms with van der Waals surface area (Å²) in [6, 6.07) is 11.6. The van der Waals surface area contributed by atoms with Gasteiger partial charge in [0.1, 0.15) is 0 Å². The van der Waals surface area contributed by atoms with Gasteiger partial charge in [-0.25, -0.2) is 0 Å². The minimum absolute atomic E-state index is 0.826. The highest BCUT2D eigenvalue weighted by Crippen LogP contribution is 2.08. The van der Waals surface area contributed by atoms with E-state index in [9.17, 15) is 0 Å². The van der Waals surface area contributed by atoms with Crippen LogP contribution in [0.2, 0.25) is 6.04 Å². The summed E-state index contributed by atoms with van der Waals surface area (Å²) in [6.07, 6.45) is 3.19. The molecule has 1 aromatic carbocycles. The highest BCUT2D eigenvalue weighted by Gasteiger charge is 2.14. The van der Waals surface area contributed by atoms with Gasteiger partial charge in [0.15, 0.2) is 0 Å². The lowest BCUT2D eigenvalue weighted by molar-refractivity contribution is 0.196. The molecule has 0 aliphatic rings. The monoisotopic (exact) mass is 251 g/mol. The molecule has 0 atom stereocenters. The molecule has 3 heteroatoms. The number of benzene rings is 1. The molecule has 0 unspecified atom stereocenters. The fourth-order valence-electron chi connectivity index (χ4n) is 1.51. The van der Waals surface area contributed by atoms with Gasteiger partial charge in [0.25, 0.3) is 0 Å². The zero-order valence-electron chi connectivity index (χ0n) is 10.9. The first-order chi connectivity index (χ1) is 8.36. The first-order valence-electron chi connectivity index (χ1n) is 6.52. The fourth-order valence-corrected chi connectivity index (χ4v) is 3.24. The molecule has 0 bridgehead atoms. The van der Waals surface area contributed by atoms with E-state index in [1.54, 1.807) is 0 Å². The van der Waals surface area contributed by atoms with E-state index < -0.39 is 9.28 Å². The van der Waals surface area contributed by atoms with Gasteiger partial charge in [-0.15, -0.1) is 0 Å². The maximum Gasteiger partial charge on any atom is 0.384 e. The average Bonchev–Trinajstić information content (AvgIpc) is 2.39. The largest absolute Gasteiger partial charge is 0.393 e. The first kappa shape index (κ1) is 14.4. The van der Waals surface area contributed by atoms with Crippen LogP contribution in [0.25, 0.3) is 0 Å². The number of hydrogen-bond donors (Lipinski definition) is 0. The Morgan fingerprint density at radius 1 is 0.941 bits per heavy atom. The SMILES string of the molecule is CCCO[Si](CCc1ccccc1)OCCC. The van der Waals surface area contributed by atoms with Crippen molar-refractivity contribution in [3.8, 4) is 0 Å². The minimum atomic E-state index is -1.07. The van der Waals surface area contributed by atoms with Crippen molar-refractivity contribution in [2.45, 2.75) is 39.2 Å². The smallest absolute Gasteiger partial charge is 0.384 e. The van der Waals surface area contributed by atoms with Crippen LogP contribution in [0, 0.1) is 0 Å². The summed E-state index contributed by atoms with van der Waals surface area (Å²) in [7, 11) is -1.07. The molecule has 95 valence electrons. The first-order valence-corrected chi connectivity index (χ1v) is 8.04. The molecule has 0 spiro atoms. The molecule has 1 radical (unpaired) electrons. The van der Waals surface area contributed by atoms with Crippen molar-refractivity contribution in [3.63, 3.8) is 0 Å². The molecular formula is C14H23O2Si. The highest BCUT2D eigenvalue weighted by atomic mass is 28.3. The van der Waals surface area contributed by atoms with Gasteiger partial charge in [-0.3, -0.25) is 0 Å². The molecule has 0 heterocycles. The van der Waals surface area contributed by atoms with Crippen molar-refractivity contribution in [1.82, 2.24) is 0 Å². The molecule has 0 N–H and O–H groups in total. The highest BCUT2D eigenvalue weighted by molar-refractivity contribution is 6.44. The van der Waals surface area contributed by atoms with Gasteiger partial charge in [-0.05, 0) is 30.9 Å². The Morgan fingerprint density at radius 2 is 1.53 bits per heavy atom. The lowest BCUT2D eigenvalue weighted by Crippen LogP contribution is -2.24. The second-order valence-electron chi connectivity index (χ2n) is 4.05. The third-order valence-corrected chi connectivity index (χ3v) is 4.11. The summed E-state index contributed by atoms with van der Waals surface area (Å²) in [6.45, 7) is 5.92. The van der Waals surface area contributed by atoms with Gasteiger partial charge in [-0.1, -0.05) is 44.2 Å². The molecule has 0 amide bonds. The maximum atomic E-state index is 5.79. The predicted molar refractivity (Wildman–Crippen MR) is 73.2 cm³/mol. The second-order valence-corrected chi connectivity index (χ2v) is 5.88. The van der Waals surface area contributed by atoms with E-state index in [0.29, 0.717) is 0 Å². The van der Waals surface area contributed by atoms with Crippen LogP contribution in [0.4, 0.5) is 0 Å². The molecule has 0 aliphatic heterocycles. The Labute approximate surface area is 107 Å². The van der Waals surface area contributed by atoms with Gasteiger partial charge in [0, 0.05) is 13.2 Å². The minimum Gasteiger partial charge on any atom is -0.393 e. The van der Waals surface area contributed by atoms with Crippen LogP contribution < -0.4 is 0 Å². The van der Waals surface area contributed by atoms with Crippen molar-refractivity contribution >= 4 is 9.28 Å². The van der Waals surface area contributed by atoms with Crippen LogP contribution in [0.3, 0.4) is 0 Å². The van der Waals surface area contributed by atoms with E-state index in [2.05, 4.69) is 44.2 Å². The van der Waals surface area contributed by atoms with Gasteiger partial charge in [-0.2, -0.15) is 0 Å². The Balaban J connectivity index is 2.31. The van der Waals surface area contributed by atoms with Gasteiger partial charge >= 0.3 is 9.28 Å². The summed E-state index contributed by atoms with van der Waals surface area (Å²) >= 11 is 0. The molecule has 0 aromatic heterocycles. The predicted octanol–water partition coefficient (Wildman–Crippen LogP) is 3.57. The van der Waals surface area contributed by atoms with E-state index in [-0.39, 0.29) is 0 Å². The summed E-state index contributed by atoms with van der Waals surface area (Å²) in [5.74, 6) is 0. The van der Waals surface area contributed by atoms with Gasteiger partial charge in [0.2, 0.25) is 0 Å². The molecule has 0 saturated heterocycles. The third kappa shape index (κ3) is 6.61. The maximum absolute atomic E-state index is 5.79. The van der Waals surface area contributed by atoms with E-state index in [4.69, 9.17) is 8.85 Å². The molecule has 0 aliphatic carbocycles. The number of hydrogen-bond acceptors (Lipinski definition) is 2. The van der Waals surface area contributed by atoms with Gasteiger partial charge < -0.3 is 8.85 Å². The molecule has 17 heavy (non-hydrogen) atoms. The molecule has 2 nitrogen and oxygen atoms in total. The molecule has 1 aromatic rings. The quantitative estimate of drug-likeness (QED) is 0.625. The van der Waals surface area contributed by atoms with Gasteiger partial charge in [0.05, 0.1) is 0 Å². The van der Waals surface area contributed by atoms with E-state index in [0.717, 1.165) is 38.5 Å².